The van der Waals surface area contributed by atoms with Gasteiger partial charge in [0.2, 0.25) is 0 Å². The number of aromatic nitrogens is 1. The van der Waals surface area contributed by atoms with E-state index in [1.54, 1.807) is 0 Å². The molecule has 1 aromatic heterocycles. The van der Waals surface area contributed by atoms with E-state index in [2.05, 4.69) is 168 Å². The second-order valence-corrected chi connectivity index (χ2v) is 11.3. The van der Waals surface area contributed by atoms with Gasteiger partial charge in [0.25, 0.3) is 0 Å². The smallest absolute Gasteiger partial charge is 0.0541 e. The molecule has 0 atom stereocenters. The first-order chi connectivity index (χ1) is 21.3. The van der Waals surface area contributed by atoms with Crippen LogP contribution < -0.4 is 0 Å². The van der Waals surface area contributed by atoms with Gasteiger partial charge in [-0.15, -0.1) is 0 Å². The van der Waals surface area contributed by atoms with Crippen LogP contribution in [0.1, 0.15) is 0 Å². The van der Waals surface area contributed by atoms with Crippen molar-refractivity contribution in [1.29, 1.82) is 0 Å². The molecular formula is C42H27N. The third kappa shape index (κ3) is 3.72. The van der Waals surface area contributed by atoms with Gasteiger partial charge in [0.15, 0.2) is 0 Å². The Morgan fingerprint density at radius 2 is 0.605 bits per heavy atom. The first-order valence-corrected chi connectivity index (χ1v) is 14.9. The zero-order valence-corrected chi connectivity index (χ0v) is 23.5. The molecule has 1 heterocycles. The Kier molecular flexibility index (Phi) is 5.27. The van der Waals surface area contributed by atoms with E-state index in [1.165, 1.54) is 82.1 Å². The van der Waals surface area contributed by atoms with Crippen LogP contribution in [0, 0.1) is 0 Å². The Labute approximate surface area is 249 Å². The molecule has 1 nitrogen and oxygen atoms in total. The van der Waals surface area contributed by atoms with E-state index in [0.29, 0.717) is 0 Å². The number of benzene rings is 8. The van der Waals surface area contributed by atoms with Gasteiger partial charge in [0.1, 0.15) is 0 Å². The number of para-hydroxylation sites is 2. The molecular weight excluding hydrogens is 518 g/mol. The Hall–Kier alpha value is -5.66. The molecule has 8 aromatic carbocycles. The maximum absolute atomic E-state index is 2.37. The number of hydrogen-bond donors (Lipinski definition) is 0. The van der Waals surface area contributed by atoms with Crippen molar-refractivity contribution in [1.82, 2.24) is 4.57 Å². The summed E-state index contributed by atoms with van der Waals surface area (Å²) in [5.74, 6) is 0. The Bertz CT molecular complexity index is 2390. The normalized spacial score (nSPS) is 11.7. The maximum atomic E-state index is 2.37. The average molecular weight is 546 g/mol. The molecule has 0 unspecified atom stereocenters. The highest BCUT2D eigenvalue weighted by molar-refractivity contribution is 6.25. The van der Waals surface area contributed by atoms with Crippen LogP contribution in [0.4, 0.5) is 0 Å². The van der Waals surface area contributed by atoms with Crippen molar-refractivity contribution in [3.63, 3.8) is 0 Å². The molecule has 9 aromatic rings. The van der Waals surface area contributed by atoms with Gasteiger partial charge in [0.05, 0.1) is 11.0 Å². The highest BCUT2D eigenvalue weighted by Crippen LogP contribution is 2.38. The lowest BCUT2D eigenvalue weighted by atomic mass is 9.92. The molecule has 0 aliphatic heterocycles. The minimum atomic E-state index is 1.17. The topological polar surface area (TPSA) is 4.93 Å². The summed E-state index contributed by atoms with van der Waals surface area (Å²) in [5, 5.41) is 10.4. The zero-order chi connectivity index (χ0) is 28.3. The summed E-state index contributed by atoms with van der Waals surface area (Å²) in [6, 6.07) is 59.7. The second kappa shape index (κ2) is 9.44. The van der Waals surface area contributed by atoms with E-state index >= 15 is 0 Å². The standard InChI is InChI=1S/C42H27N/c1-2-11-35-33(9-1)34-10-3-4-12-36(34)40-27-31(23-26-37(35)40)30-19-17-28(18-20-30)29-21-24-32(25-22-29)43-41-15-7-5-13-38(41)39-14-6-8-16-42(39)43/h1-27H. The molecule has 0 amide bonds. The number of rotatable bonds is 3. The van der Waals surface area contributed by atoms with Crippen LogP contribution in [0.3, 0.4) is 0 Å². The van der Waals surface area contributed by atoms with E-state index in [1.807, 2.05) is 0 Å². The monoisotopic (exact) mass is 545 g/mol. The quantitative estimate of drug-likeness (QED) is 0.195. The van der Waals surface area contributed by atoms with Crippen molar-refractivity contribution < 1.29 is 0 Å². The van der Waals surface area contributed by atoms with Crippen LogP contribution in [0.2, 0.25) is 0 Å². The first-order valence-electron chi connectivity index (χ1n) is 14.9. The fourth-order valence-corrected chi connectivity index (χ4v) is 6.95. The predicted molar refractivity (Wildman–Crippen MR) is 184 cm³/mol. The fraction of sp³-hybridized carbons (Fsp3) is 0. The van der Waals surface area contributed by atoms with E-state index in [9.17, 15) is 0 Å². The lowest BCUT2D eigenvalue weighted by Gasteiger charge is -2.12. The van der Waals surface area contributed by atoms with Crippen LogP contribution in [-0.4, -0.2) is 4.57 Å². The Morgan fingerprint density at radius 1 is 0.256 bits per heavy atom. The summed E-state index contributed by atoms with van der Waals surface area (Å²) in [6.07, 6.45) is 0. The molecule has 9 rings (SSSR count). The van der Waals surface area contributed by atoms with E-state index in [4.69, 9.17) is 0 Å². The molecule has 0 aliphatic carbocycles. The highest BCUT2D eigenvalue weighted by Gasteiger charge is 2.12. The molecule has 43 heavy (non-hydrogen) atoms. The Morgan fingerprint density at radius 3 is 1.12 bits per heavy atom. The van der Waals surface area contributed by atoms with Gasteiger partial charge in [-0.3, -0.25) is 0 Å². The zero-order valence-electron chi connectivity index (χ0n) is 23.5. The largest absolute Gasteiger partial charge is 0.309 e. The minimum Gasteiger partial charge on any atom is -0.309 e. The van der Waals surface area contributed by atoms with E-state index in [-0.39, 0.29) is 0 Å². The van der Waals surface area contributed by atoms with Crippen molar-refractivity contribution in [2.24, 2.45) is 0 Å². The highest BCUT2D eigenvalue weighted by atomic mass is 15.0. The van der Waals surface area contributed by atoms with Crippen LogP contribution in [0.5, 0.6) is 0 Å². The summed E-state index contributed by atoms with van der Waals surface area (Å²) in [6.45, 7) is 0. The molecule has 0 fully saturated rings. The molecule has 0 aliphatic rings. The molecule has 0 radical (unpaired) electrons. The Balaban J connectivity index is 1.09. The van der Waals surface area contributed by atoms with E-state index < -0.39 is 0 Å². The van der Waals surface area contributed by atoms with Crippen molar-refractivity contribution in [2.75, 3.05) is 0 Å². The van der Waals surface area contributed by atoms with Crippen LogP contribution in [0.15, 0.2) is 164 Å². The lowest BCUT2D eigenvalue weighted by molar-refractivity contribution is 1.18. The van der Waals surface area contributed by atoms with Gasteiger partial charge in [-0.2, -0.15) is 0 Å². The summed E-state index contributed by atoms with van der Waals surface area (Å²) < 4.78 is 2.37. The summed E-state index contributed by atoms with van der Waals surface area (Å²) >= 11 is 0. The molecule has 0 spiro atoms. The van der Waals surface area contributed by atoms with Gasteiger partial charge in [-0.25, -0.2) is 0 Å². The molecule has 0 saturated heterocycles. The maximum Gasteiger partial charge on any atom is 0.0541 e. The first kappa shape index (κ1) is 24.0. The predicted octanol–water partition coefficient (Wildman–Crippen LogP) is 11.6. The number of hydrogen-bond acceptors (Lipinski definition) is 0. The lowest BCUT2D eigenvalue weighted by Crippen LogP contribution is -1.93. The minimum absolute atomic E-state index is 1.17. The fourth-order valence-electron chi connectivity index (χ4n) is 6.95. The third-order valence-electron chi connectivity index (χ3n) is 9.00. The molecule has 0 saturated carbocycles. The summed E-state index contributed by atoms with van der Waals surface area (Å²) in [4.78, 5) is 0. The molecule has 0 bridgehead atoms. The van der Waals surface area contributed by atoms with Crippen LogP contribution in [0.25, 0.3) is 82.1 Å². The molecule has 200 valence electrons. The van der Waals surface area contributed by atoms with Crippen LogP contribution in [-0.2, 0) is 0 Å². The number of nitrogens with zero attached hydrogens (tertiary/aromatic N) is 1. The van der Waals surface area contributed by atoms with Gasteiger partial charge < -0.3 is 4.57 Å². The third-order valence-corrected chi connectivity index (χ3v) is 9.00. The van der Waals surface area contributed by atoms with Gasteiger partial charge in [-0.1, -0.05) is 133 Å². The van der Waals surface area contributed by atoms with Gasteiger partial charge in [-0.05, 0) is 84.9 Å². The van der Waals surface area contributed by atoms with Crippen LogP contribution >= 0.6 is 0 Å². The van der Waals surface area contributed by atoms with Crippen molar-refractivity contribution in [3.05, 3.63) is 164 Å². The van der Waals surface area contributed by atoms with Gasteiger partial charge in [0, 0.05) is 16.5 Å². The van der Waals surface area contributed by atoms with Gasteiger partial charge >= 0.3 is 0 Å². The summed E-state index contributed by atoms with van der Waals surface area (Å²) in [5.41, 5.74) is 8.54. The van der Waals surface area contributed by atoms with Crippen molar-refractivity contribution in [3.8, 4) is 27.9 Å². The SMILES string of the molecule is c1ccc2c(c1)c1ccccc1c1cc(-c3ccc(-c4ccc(-n5c6ccccc6c6ccccc65)cc4)cc3)ccc21. The molecule has 0 N–H and O–H groups in total. The number of fused-ring (bicyclic) bond motifs is 9. The summed E-state index contributed by atoms with van der Waals surface area (Å²) in [7, 11) is 0. The van der Waals surface area contributed by atoms with Crippen molar-refractivity contribution in [2.45, 2.75) is 0 Å². The average Bonchev–Trinajstić information content (AvgIpc) is 3.43. The second-order valence-electron chi connectivity index (χ2n) is 11.3. The molecule has 1 heteroatoms. The van der Waals surface area contributed by atoms with E-state index in [0.717, 1.165) is 0 Å². The van der Waals surface area contributed by atoms with Crippen molar-refractivity contribution >= 4 is 54.1 Å².